The molecule has 0 atom stereocenters. The van der Waals surface area contributed by atoms with Crippen LogP contribution in [-0.4, -0.2) is 5.91 Å². The average Bonchev–Trinajstić information content (AvgIpc) is 2.16. The molecule has 0 saturated carbocycles. The molecule has 2 N–H and O–H groups in total. The summed E-state index contributed by atoms with van der Waals surface area (Å²) in [5, 5.41) is 9.45. The Morgan fingerprint density at radius 3 is 2.60 bits per heavy atom. The van der Waals surface area contributed by atoms with Gasteiger partial charge in [-0.05, 0) is 23.8 Å². The molecule has 0 bridgehead atoms. The minimum Gasteiger partial charge on any atom is -0.365 e. The van der Waals surface area contributed by atoms with Crippen molar-refractivity contribution in [3.63, 3.8) is 0 Å². The number of nitrogens with zero attached hydrogens (tertiary/aromatic N) is 1. The molecule has 0 spiro atoms. The summed E-state index contributed by atoms with van der Waals surface area (Å²) in [4.78, 5) is 10.8. The van der Waals surface area contributed by atoms with Gasteiger partial charge in [0, 0.05) is 10.0 Å². The van der Waals surface area contributed by atoms with E-state index in [1.807, 2.05) is 0 Å². The normalized spacial score (nSPS) is 10.9. The van der Waals surface area contributed by atoms with Gasteiger partial charge in [0.15, 0.2) is 0 Å². The average molecular weight is 241 g/mol. The maximum Gasteiger partial charge on any atom is 0.259 e. The third-order valence-electron chi connectivity index (χ3n) is 1.65. The smallest absolute Gasteiger partial charge is 0.259 e. The van der Waals surface area contributed by atoms with Crippen LogP contribution in [0, 0.1) is 11.3 Å². The van der Waals surface area contributed by atoms with E-state index in [9.17, 15) is 4.79 Å². The summed E-state index contributed by atoms with van der Waals surface area (Å²) < 4.78 is 0. The van der Waals surface area contributed by atoms with Gasteiger partial charge in [0.1, 0.15) is 11.6 Å². The first-order valence-corrected chi connectivity index (χ1v) is 4.67. The molecule has 0 fully saturated rings. The maximum atomic E-state index is 10.8. The minimum atomic E-state index is -0.788. The zero-order chi connectivity index (χ0) is 11.4. The molecular formula is C10H6Cl2N2O. The number of primary amides is 1. The van der Waals surface area contributed by atoms with Crippen LogP contribution in [0.1, 0.15) is 5.56 Å². The van der Waals surface area contributed by atoms with Crippen LogP contribution in [0.2, 0.25) is 10.0 Å². The Kier molecular flexibility index (Phi) is 3.73. The first-order valence-electron chi connectivity index (χ1n) is 3.91. The van der Waals surface area contributed by atoms with Crippen LogP contribution in [0.5, 0.6) is 0 Å². The molecule has 1 aromatic rings. The highest BCUT2D eigenvalue weighted by atomic mass is 35.5. The van der Waals surface area contributed by atoms with E-state index in [2.05, 4.69) is 0 Å². The predicted molar refractivity (Wildman–Crippen MR) is 59.2 cm³/mol. The van der Waals surface area contributed by atoms with Gasteiger partial charge in [0.2, 0.25) is 0 Å². The fraction of sp³-hybridized carbons (Fsp3) is 0. The van der Waals surface area contributed by atoms with Gasteiger partial charge in [-0.1, -0.05) is 29.3 Å². The van der Waals surface area contributed by atoms with Crippen molar-refractivity contribution in [3.8, 4) is 6.07 Å². The first kappa shape index (κ1) is 11.6. The summed E-state index contributed by atoms with van der Waals surface area (Å²) in [6, 6.07) is 6.41. The lowest BCUT2D eigenvalue weighted by molar-refractivity contribution is -0.114. The van der Waals surface area contributed by atoms with Gasteiger partial charge in [0.05, 0.1) is 0 Å². The van der Waals surface area contributed by atoms with Crippen LogP contribution in [-0.2, 0) is 4.79 Å². The molecule has 76 valence electrons. The highest BCUT2D eigenvalue weighted by molar-refractivity contribution is 6.35. The lowest BCUT2D eigenvalue weighted by atomic mass is 10.1. The SMILES string of the molecule is N#CC(=Cc1ccc(Cl)cc1Cl)C(N)=O. The highest BCUT2D eigenvalue weighted by Gasteiger charge is 2.05. The number of nitrogens with two attached hydrogens (primary N) is 1. The van der Waals surface area contributed by atoms with Gasteiger partial charge in [-0.25, -0.2) is 0 Å². The van der Waals surface area contributed by atoms with E-state index >= 15 is 0 Å². The molecule has 5 heteroatoms. The Balaban J connectivity index is 3.19. The van der Waals surface area contributed by atoms with E-state index < -0.39 is 5.91 Å². The lowest BCUT2D eigenvalue weighted by Crippen LogP contribution is -2.12. The van der Waals surface area contributed by atoms with Gasteiger partial charge >= 0.3 is 0 Å². The van der Waals surface area contributed by atoms with Crippen molar-refractivity contribution in [1.29, 1.82) is 5.26 Å². The second kappa shape index (κ2) is 4.83. The van der Waals surface area contributed by atoms with E-state index in [-0.39, 0.29) is 5.57 Å². The van der Waals surface area contributed by atoms with Crippen molar-refractivity contribution < 1.29 is 4.79 Å². The van der Waals surface area contributed by atoms with Crippen molar-refractivity contribution in [3.05, 3.63) is 39.4 Å². The number of rotatable bonds is 2. The fourth-order valence-electron chi connectivity index (χ4n) is 0.933. The standard InChI is InChI=1S/C10H6Cl2N2O/c11-8-2-1-6(9(12)4-8)3-7(5-13)10(14)15/h1-4H,(H2,14,15). The Morgan fingerprint density at radius 1 is 1.47 bits per heavy atom. The van der Waals surface area contributed by atoms with Crippen LogP contribution < -0.4 is 5.73 Å². The second-order valence-electron chi connectivity index (χ2n) is 2.70. The number of hydrogen-bond acceptors (Lipinski definition) is 2. The highest BCUT2D eigenvalue weighted by Crippen LogP contribution is 2.22. The van der Waals surface area contributed by atoms with E-state index in [0.717, 1.165) is 0 Å². The van der Waals surface area contributed by atoms with Crippen LogP contribution in [0.3, 0.4) is 0 Å². The molecule has 1 amide bonds. The van der Waals surface area contributed by atoms with Crippen LogP contribution in [0.25, 0.3) is 6.08 Å². The third kappa shape index (κ3) is 2.98. The molecule has 0 heterocycles. The summed E-state index contributed by atoms with van der Waals surface area (Å²) in [5.74, 6) is -0.788. The molecule has 0 aliphatic heterocycles. The zero-order valence-corrected chi connectivity index (χ0v) is 9.01. The van der Waals surface area contributed by atoms with Crippen LogP contribution in [0.15, 0.2) is 23.8 Å². The number of carbonyl (C=O) groups is 1. The van der Waals surface area contributed by atoms with Crippen LogP contribution in [0.4, 0.5) is 0 Å². The summed E-state index contributed by atoms with van der Waals surface area (Å²) in [5.41, 5.74) is 5.35. The molecule has 0 saturated heterocycles. The van der Waals surface area contributed by atoms with E-state index in [0.29, 0.717) is 15.6 Å². The molecule has 1 rings (SSSR count). The van der Waals surface area contributed by atoms with Gasteiger partial charge in [-0.15, -0.1) is 0 Å². The molecule has 0 radical (unpaired) electrons. The number of amides is 1. The summed E-state index contributed by atoms with van der Waals surface area (Å²) in [6.07, 6.45) is 1.32. The van der Waals surface area contributed by atoms with E-state index in [1.54, 1.807) is 18.2 Å². The number of carbonyl (C=O) groups excluding carboxylic acids is 1. The van der Waals surface area contributed by atoms with Crippen molar-refractivity contribution in [2.45, 2.75) is 0 Å². The maximum absolute atomic E-state index is 10.8. The van der Waals surface area contributed by atoms with Gasteiger partial charge in [-0.2, -0.15) is 5.26 Å². The number of benzene rings is 1. The van der Waals surface area contributed by atoms with E-state index in [1.165, 1.54) is 12.1 Å². The Hall–Kier alpha value is -1.50. The fourth-order valence-corrected chi connectivity index (χ4v) is 1.40. The molecule has 0 unspecified atom stereocenters. The van der Waals surface area contributed by atoms with Gasteiger partial charge in [0.25, 0.3) is 5.91 Å². The Morgan fingerprint density at radius 2 is 2.13 bits per heavy atom. The number of halogens is 2. The van der Waals surface area contributed by atoms with Gasteiger partial charge in [-0.3, -0.25) is 4.79 Å². The molecule has 0 aliphatic rings. The topological polar surface area (TPSA) is 66.9 Å². The van der Waals surface area contributed by atoms with E-state index in [4.69, 9.17) is 34.2 Å². The molecule has 0 aromatic heterocycles. The Bertz CT molecular complexity index is 475. The molecule has 3 nitrogen and oxygen atoms in total. The molecule has 0 aliphatic carbocycles. The van der Waals surface area contributed by atoms with Gasteiger partial charge < -0.3 is 5.73 Å². The van der Waals surface area contributed by atoms with Crippen molar-refractivity contribution >= 4 is 35.2 Å². The molecule has 15 heavy (non-hydrogen) atoms. The van der Waals surface area contributed by atoms with Crippen molar-refractivity contribution in [1.82, 2.24) is 0 Å². The lowest BCUT2D eigenvalue weighted by Gasteiger charge is -1.99. The third-order valence-corrected chi connectivity index (χ3v) is 2.21. The van der Waals surface area contributed by atoms with Crippen molar-refractivity contribution in [2.24, 2.45) is 5.73 Å². The summed E-state index contributed by atoms with van der Waals surface area (Å²) in [6.45, 7) is 0. The summed E-state index contributed by atoms with van der Waals surface area (Å²) >= 11 is 11.5. The van der Waals surface area contributed by atoms with Crippen molar-refractivity contribution in [2.75, 3.05) is 0 Å². The predicted octanol–water partition coefficient (Wildman–Crippen LogP) is 2.39. The number of nitriles is 1. The molecular weight excluding hydrogens is 235 g/mol. The van der Waals surface area contributed by atoms with Crippen LogP contribution >= 0.6 is 23.2 Å². The monoisotopic (exact) mass is 240 g/mol. The zero-order valence-electron chi connectivity index (χ0n) is 7.50. The Labute approximate surface area is 96.7 Å². The molecule has 1 aromatic carbocycles. The quantitative estimate of drug-likeness (QED) is 0.638. The second-order valence-corrected chi connectivity index (χ2v) is 3.54. The first-order chi connectivity index (χ1) is 7.04. The largest absolute Gasteiger partial charge is 0.365 e. The summed E-state index contributed by atoms with van der Waals surface area (Å²) in [7, 11) is 0. The minimum absolute atomic E-state index is 0.153. The number of hydrogen-bond donors (Lipinski definition) is 1.